The predicted octanol–water partition coefficient (Wildman–Crippen LogP) is 2.82. The summed E-state index contributed by atoms with van der Waals surface area (Å²) in [5.74, 6) is 0.368. The molecule has 2 aromatic rings. The van der Waals surface area contributed by atoms with Crippen LogP contribution in [0.3, 0.4) is 0 Å². The van der Waals surface area contributed by atoms with Crippen molar-refractivity contribution in [2.75, 3.05) is 0 Å². The van der Waals surface area contributed by atoms with Crippen LogP contribution < -0.4 is 10.5 Å². The maximum Gasteiger partial charge on any atom is 0.141 e. The standard InChI is InChI=1S/C14H15FN2O/c1-10(16)12-2-4-14(5-3-12)18-9-11-6-13(15)8-17-7-11/h2-8,10H,9,16H2,1H3. The molecule has 0 amide bonds. The summed E-state index contributed by atoms with van der Waals surface area (Å²) in [7, 11) is 0. The molecule has 0 spiro atoms. The highest BCUT2D eigenvalue weighted by Crippen LogP contribution is 2.17. The minimum absolute atomic E-state index is 0.00599. The first-order chi connectivity index (χ1) is 8.65. The average molecular weight is 246 g/mol. The molecule has 0 bridgehead atoms. The van der Waals surface area contributed by atoms with Gasteiger partial charge in [0.25, 0.3) is 0 Å². The van der Waals surface area contributed by atoms with Gasteiger partial charge in [0.15, 0.2) is 0 Å². The quantitative estimate of drug-likeness (QED) is 0.902. The van der Waals surface area contributed by atoms with Gasteiger partial charge >= 0.3 is 0 Å². The van der Waals surface area contributed by atoms with Crippen LogP contribution in [0.4, 0.5) is 4.39 Å². The van der Waals surface area contributed by atoms with Crippen LogP contribution in [0.25, 0.3) is 0 Å². The fourth-order valence-electron chi connectivity index (χ4n) is 1.57. The largest absolute Gasteiger partial charge is 0.489 e. The number of benzene rings is 1. The van der Waals surface area contributed by atoms with Crippen molar-refractivity contribution >= 4 is 0 Å². The summed E-state index contributed by atoms with van der Waals surface area (Å²) < 4.78 is 18.4. The molecule has 1 aromatic heterocycles. The van der Waals surface area contributed by atoms with E-state index in [2.05, 4.69) is 4.98 Å². The van der Waals surface area contributed by atoms with E-state index >= 15 is 0 Å². The molecule has 94 valence electrons. The Morgan fingerprint density at radius 3 is 2.61 bits per heavy atom. The number of pyridine rings is 1. The SMILES string of the molecule is CC(N)c1ccc(OCc2cncc(F)c2)cc1. The topological polar surface area (TPSA) is 48.1 Å². The minimum Gasteiger partial charge on any atom is -0.489 e. The van der Waals surface area contributed by atoms with Gasteiger partial charge in [0.1, 0.15) is 18.2 Å². The maximum atomic E-state index is 12.9. The maximum absolute atomic E-state index is 12.9. The van der Waals surface area contributed by atoms with Crippen molar-refractivity contribution in [3.05, 3.63) is 59.7 Å². The van der Waals surface area contributed by atoms with Crippen LogP contribution in [0.15, 0.2) is 42.7 Å². The zero-order chi connectivity index (χ0) is 13.0. The van der Waals surface area contributed by atoms with E-state index < -0.39 is 0 Å². The Kier molecular flexibility index (Phi) is 3.89. The van der Waals surface area contributed by atoms with E-state index in [1.165, 1.54) is 12.3 Å². The number of rotatable bonds is 4. The summed E-state index contributed by atoms with van der Waals surface area (Å²) >= 11 is 0. The first-order valence-corrected chi connectivity index (χ1v) is 5.73. The predicted molar refractivity (Wildman–Crippen MR) is 67.6 cm³/mol. The van der Waals surface area contributed by atoms with Gasteiger partial charge in [0.05, 0.1) is 6.20 Å². The molecule has 0 saturated carbocycles. The molecule has 1 atom stereocenters. The van der Waals surface area contributed by atoms with Crippen LogP contribution in [-0.2, 0) is 6.61 Å². The van der Waals surface area contributed by atoms with Crippen molar-refractivity contribution in [1.29, 1.82) is 0 Å². The second-order valence-corrected chi connectivity index (χ2v) is 4.16. The Hall–Kier alpha value is -1.94. The smallest absolute Gasteiger partial charge is 0.141 e. The Morgan fingerprint density at radius 2 is 2.00 bits per heavy atom. The molecule has 0 aliphatic heterocycles. The molecule has 2 rings (SSSR count). The lowest BCUT2D eigenvalue weighted by Crippen LogP contribution is -2.04. The minimum atomic E-state index is -0.358. The third-order valence-electron chi connectivity index (χ3n) is 2.57. The highest BCUT2D eigenvalue weighted by molar-refractivity contribution is 5.29. The summed E-state index contributed by atoms with van der Waals surface area (Å²) in [4.78, 5) is 3.76. The van der Waals surface area contributed by atoms with E-state index in [9.17, 15) is 4.39 Å². The zero-order valence-corrected chi connectivity index (χ0v) is 10.1. The van der Waals surface area contributed by atoms with Crippen molar-refractivity contribution in [3.8, 4) is 5.75 Å². The van der Waals surface area contributed by atoms with E-state index in [-0.39, 0.29) is 11.9 Å². The van der Waals surface area contributed by atoms with Crippen molar-refractivity contribution in [3.63, 3.8) is 0 Å². The van der Waals surface area contributed by atoms with Crippen molar-refractivity contribution in [2.45, 2.75) is 19.6 Å². The summed E-state index contributed by atoms with van der Waals surface area (Å²) in [6.07, 6.45) is 2.75. The molecule has 18 heavy (non-hydrogen) atoms. The Balaban J connectivity index is 1.98. The molecular formula is C14H15FN2O. The Morgan fingerprint density at radius 1 is 1.28 bits per heavy atom. The van der Waals surface area contributed by atoms with Crippen LogP contribution in [0, 0.1) is 5.82 Å². The van der Waals surface area contributed by atoms with Crippen LogP contribution in [0.5, 0.6) is 5.75 Å². The number of nitrogens with zero attached hydrogens (tertiary/aromatic N) is 1. The number of hydrogen-bond acceptors (Lipinski definition) is 3. The van der Waals surface area contributed by atoms with Crippen LogP contribution >= 0.6 is 0 Å². The van der Waals surface area contributed by atoms with Gasteiger partial charge in [0.2, 0.25) is 0 Å². The molecule has 3 nitrogen and oxygen atoms in total. The van der Waals surface area contributed by atoms with Gasteiger partial charge in [0, 0.05) is 17.8 Å². The molecule has 0 aliphatic carbocycles. The first-order valence-electron chi connectivity index (χ1n) is 5.73. The summed E-state index contributed by atoms with van der Waals surface area (Å²) in [6, 6.07) is 8.96. The van der Waals surface area contributed by atoms with Crippen molar-refractivity contribution in [2.24, 2.45) is 5.73 Å². The van der Waals surface area contributed by atoms with Crippen LogP contribution in [0.2, 0.25) is 0 Å². The van der Waals surface area contributed by atoms with Crippen LogP contribution in [-0.4, -0.2) is 4.98 Å². The molecule has 0 radical (unpaired) electrons. The molecular weight excluding hydrogens is 231 g/mol. The van der Waals surface area contributed by atoms with E-state index in [0.29, 0.717) is 12.2 Å². The van der Waals surface area contributed by atoms with Gasteiger partial charge in [-0.1, -0.05) is 12.1 Å². The average Bonchev–Trinajstić information content (AvgIpc) is 2.37. The number of halogens is 1. The van der Waals surface area contributed by atoms with Gasteiger partial charge in [-0.15, -0.1) is 0 Å². The monoisotopic (exact) mass is 246 g/mol. The second kappa shape index (κ2) is 5.60. The summed E-state index contributed by atoms with van der Waals surface area (Å²) in [6.45, 7) is 2.22. The number of ether oxygens (including phenoxy) is 1. The van der Waals surface area contributed by atoms with E-state index in [1.54, 1.807) is 6.20 Å². The highest BCUT2D eigenvalue weighted by Gasteiger charge is 2.01. The second-order valence-electron chi connectivity index (χ2n) is 4.16. The van der Waals surface area contributed by atoms with E-state index in [1.807, 2.05) is 31.2 Å². The van der Waals surface area contributed by atoms with Gasteiger partial charge in [-0.3, -0.25) is 4.98 Å². The van der Waals surface area contributed by atoms with Crippen molar-refractivity contribution < 1.29 is 9.13 Å². The lowest BCUT2D eigenvalue weighted by atomic mass is 10.1. The molecule has 0 fully saturated rings. The summed E-state index contributed by atoms with van der Waals surface area (Å²) in [5.41, 5.74) is 7.51. The normalized spacial score (nSPS) is 12.2. The number of aromatic nitrogens is 1. The molecule has 0 saturated heterocycles. The van der Waals surface area contributed by atoms with Gasteiger partial charge < -0.3 is 10.5 Å². The van der Waals surface area contributed by atoms with E-state index in [0.717, 1.165) is 11.3 Å². The fourth-order valence-corrected chi connectivity index (χ4v) is 1.57. The van der Waals surface area contributed by atoms with Gasteiger partial charge in [-0.25, -0.2) is 4.39 Å². The van der Waals surface area contributed by atoms with Gasteiger partial charge in [-0.2, -0.15) is 0 Å². The lowest BCUT2D eigenvalue weighted by molar-refractivity contribution is 0.305. The zero-order valence-electron chi connectivity index (χ0n) is 10.1. The third-order valence-corrected chi connectivity index (χ3v) is 2.57. The number of hydrogen-bond donors (Lipinski definition) is 1. The lowest BCUT2D eigenvalue weighted by Gasteiger charge is -2.08. The Labute approximate surface area is 105 Å². The highest BCUT2D eigenvalue weighted by atomic mass is 19.1. The first kappa shape index (κ1) is 12.5. The summed E-state index contributed by atoms with van der Waals surface area (Å²) in [5, 5.41) is 0. The van der Waals surface area contributed by atoms with Crippen molar-refractivity contribution in [1.82, 2.24) is 4.98 Å². The molecule has 0 aliphatic rings. The number of nitrogens with two attached hydrogens (primary N) is 1. The third kappa shape index (κ3) is 3.28. The molecule has 1 heterocycles. The molecule has 1 aromatic carbocycles. The van der Waals surface area contributed by atoms with E-state index in [4.69, 9.17) is 10.5 Å². The van der Waals surface area contributed by atoms with Gasteiger partial charge in [-0.05, 0) is 30.7 Å². The molecule has 1 unspecified atom stereocenters. The molecule has 4 heteroatoms. The fraction of sp³-hybridized carbons (Fsp3) is 0.214. The van der Waals surface area contributed by atoms with Crippen LogP contribution in [0.1, 0.15) is 24.1 Å². The molecule has 2 N–H and O–H groups in total. The Bertz CT molecular complexity index is 511.